The van der Waals surface area contributed by atoms with Crippen LogP contribution in [0.15, 0.2) is 29.9 Å². The molecule has 0 bridgehead atoms. The van der Waals surface area contributed by atoms with E-state index in [4.69, 9.17) is 0 Å². The lowest BCUT2D eigenvalue weighted by molar-refractivity contribution is -0.135. The average Bonchev–Trinajstić information content (AvgIpc) is 2.82. The monoisotopic (exact) mass is 260 g/mol. The summed E-state index contributed by atoms with van der Waals surface area (Å²) in [6, 6.07) is 3.81. The van der Waals surface area contributed by atoms with Crippen molar-refractivity contribution in [1.82, 2.24) is 9.55 Å². The standard InChI is InChI=1S/C11H11F3N2S/c12-11(13,14)4-2-6-16-7-5-15-10(16)9-3-1-8-17-9/h1,3,5,7-8H,2,4,6H2. The van der Waals surface area contributed by atoms with Gasteiger partial charge in [-0.15, -0.1) is 11.3 Å². The molecular formula is C11H11F3N2S. The van der Waals surface area contributed by atoms with Crippen molar-refractivity contribution < 1.29 is 13.2 Å². The van der Waals surface area contributed by atoms with Crippen LogP contribution in [-0.2, 0) is 6.54 Å². The van der Waals surface area contributed by atoms with E-state index in [1.807, 2.05) is 17.5 Å². The highest BCUT2D eigenvalue weighted by molar-refractivity contribution is 7.13. The van der Waals surface area contributed by atoms with Gasteiger partial charge in [-0.25, -0.2) is 4.98 Å². The van der Waals surface area contributed by atoms with Crippen LogP contribution in [-0.4, -0.2) is 15.7 Å². The largest absolute Gasteiger partial charge is 0.389 e. The quantitative estimate of drug-likeness (QED) is 0.813. The smallest absolute Gasteiger partial charge is 0.330 e. The van der Waals surface area contributed by atoms with Gasteiger partial charge in [0.25, 0.3) is 0 Å². The predicted molar refractivity (Wildman–Crippen MR) is 60.8 cm³/mol. The van der Waals surface area contributed by atoms with Crippen molar-refractivity contribution in [3.8, 4) is 10.7 Å². The Hall–Kier alpha value is -1.30. The van der Waals surface area contributed by atoms with Gasteiger partial charge in [-0.05, 0) is 17.9 Å². The van der Waals surface area contributed by atoms with Gasteiger partial charge in [0.2, 0.25) is 0 Å². The van der Waals surface area contributed by atoms with E-state index in [-0.39, 0.29) is 6.42 Å². The Kier molecular flexibility index (Phi) is 3.51. The maximum Gasteiger partial charge on any atom is 0.389 e. The Bertz CT molecular complexity index is 459. The molecule has 0 aliphatic rings. The number of aryl methyl sites for hydroxylation is 1. The van der Waals surface area contributed by atoms with Crippen molar-refractivity contribution in [3.05, 3.63) is 29.9 Å². The Balaban J connectivity index is 2.01. The molecule has 0 atom stereocenters. The molecule has 2 heterocycles. The van der Waals surface area contributed by atoms with Crippen molar-refractivity contribution in [2.45, 2.75) is 25.6 Å². The number of rotatable bonds is 4. The third kappa shape index (κ3) is 3.33. The van der Waals surface area contributed by atoms with Crippen LogP contribution in [0.4, 0.5) is 13.2 Å². The summed E-state index contributed by atoms with van der Waals surface area (Å²) in [7, 11) is 0. The lowest BCUT2D eigenvalue weighted by Gasteiger charge is -2.08. The van der Waals surface area contributed by atoms with Crippen molar-refractivity contribution in [3.63, 3.8) is 0 Å². The average molecular weight is 260 g/mol. The highest BCUT2D eigenvalue weighted by atomic mass is 32.1. The predicted octanol–water partition coefficient (Wildman–Crippen LogP) is 3.95. The van der Waals surface area contributed by atoms with Gasteiger partial charge < -0.3 is 4.57 Å². The minimum absolute atomic E-state index is 0.0816. The van der Waals surface area contributed by atoms with Crippen molar-refractivity contribution in [2.24, 2.45) is 0 Å². The highest BCUT2D eigenvalue weighted by Gasteiger charge is 2.26. The molecule has 2 aromatic heterocycles. The Labute approximate surface area is 101 Å². The number of halogens is 3. The second-order valence-corrected chi connectivity index (χ2v) is 4.59. The molecule has 0 aliphatic carbocycles. The fourth-order valence-electron chi connectivity index (χ4n) is 1.57. The molecule has 0 fully saturated rings. The van der Waals surface area contributed by atoms with Gasteiger partial charge in [-0.1, -0.05) is 6.07 Å². The molecule has 92 valence electrons. The van der Waals surface area contributed by atoms with Gasteiger partial charge in [0.05, 0.1) is 4.88 Å². The molecular weight excluding hydrogens is 249 g/mol. The SMILES string of the molecule is FC(F)(F)CCCn1ccnc1-c1cccs1. The Morgan fingerprint density at radius 2 is 2.18 bits per heavy atom. The maximum absolute atomic E-state index is 12.0. The lowest BCUT2D eigenvalue weighted by atomic mass is 10.3. The van der Waals surface area contributed by atoms with Crippen LogP contribution in [0.2, 0.25) is 0 Å². The van der Waals surface area contributed by atoms with Crippen LogP contribution in [0, 0.1) is 0 Å². The molecule has 0 unspecified atom stereocenters. The summed E-state index contributed by atoms with van der Waals surface area (Å²) in [5, 5.41) is 1.92. The minimum Gasteiger partial charge on any atom is -0.330 e. The van der Waals surface area contributed by atoms with E-state index in [0.29, 0.717) is 6.54 Å². The van der Waals surface area contributed by atoms with Crippen LogP contribution in [0.1, 0.15) is 12.8 Å². The Morgan fingerprint density at radius 3 is 2.82 bits per heavy atom. The second kappa shape index (κ2) is 4.91. The lowest BCUT2D eigenvalue weighted by Crippen LogP contribution is -2.09. The molecule has 6 heteroatoms. The van der Waals surface area contributed by atoms with Crippen molar-refractivity contribution in [1.29, 1.82) is 0 Å². The summed E-state index contributed by atoms with van der Waals surface area (Å²) in [5.74, 6) is 0.738. The van der Waals surface area contributed by atoms with E-state index >= 15 is 0 Å². The molecule has 2 rings (SSSR count). The van der Waals surface area contributed by atoms with E-state index in [1.165, 1.54) is 11.3 Å². The second-order valence-electron chi connectivity index (χ2n) is 3.64. The number of nitrogens with zero attached hydrogens (tertiary/aromatic N) is 2. The highest BCUT2D eigenvalue weighted by Crippen LogP contribution is 2.25. The number of imidazole rings is 1. The van der Waals surface area contributed by atoms with E-state index < -0.39 is 12.6 Å². The molecule has 0 saturated heterocycles. The molecule has 0 amide bonds. The zero-order chi connectivity index (χ0) is 12.3. The number of hydrogen-bond acceptors (Lipinski definition) is 2. The van der Waals surface area contributed by atoms with Crippen molar-refractivity contribution in [2.75, 3.05) is 0 Å². The van der Waals surface area contributed by atoms with E-state index in [9.17, 15) is 13.2 Å². The maximum atomic E-state index is 12.0. The van der Waals surface area contributed by atoms with E-state index in [2.05, 4.69) is 4.98 Å². The number of aromatic nitrogens is 2. The van der Waals surface area contributed by atoms with Crippen LogP contribution < -0.4 is 0 Å². The molecule has 17 heavy (non-hydrogen) atoms. The third-order valence-corrected chi connectivity index (χ3v) is 3.18. The van der Waals surface area contributed by atoms with Gasteiger partial charge in [-0.2, -0.15) is 13.2 Å². The zero-order valence-corrected chi connectivity index (χ0v) is 9.76. The summed E-state index contributed by atoms with van der Waals surface area (Å²) >= 11 is 1.53. The summed E-state index contributed by atoms with van der Waals surface area (Å²) in [5.41, 5.74) is 0. The van der Waals surface area contributed by atoms with Gasteiger partial charge in [0, 0.05) is 25.4 Å². The number of alkyl halides is 3. The van der Waals surface area contributed by atoms with Crippen LogP contribution >= 0.6 is 11.3 Å². The molecule has 0 N–H and O–H groups in total. The fourth-order valence-corrected chi connectivity index (χ4v) is 2.31. The first-order valence-electron chi connectivity index (χ1n) is 5.18. The number of hydrogen-bond donors (Lipinski definition) is 0. The molecule has 2 aromatic rings. The third-order valence-electron chi connectivity index (χ3n) is 2.32. The van der Waals surface area contributed by atoms with Gasteiger partial charge in [-0.3, -0.25) is 0 Å². The first kappa shape index (κ1) is 12.2. The van der Waals surface area contributed by atoms with E-state index in [0.717, 1.165) is 10.7 Å². The molecule has 0 aliphatic heterocycles. The molecule has 0 saturated carbocycles. The molecule has 2 nitrogen and oxygen atoms in total. The first-order valence-corrected chi connectivity index (χ1v) is 6.06. The minimum atomic E-state index is -4.08. The molecule has 0 radical (unpaired) electrons. The van der Waals surface area contributed by atoms with Crippen LogP contribution in [0.3, 0.4) is 0 Å². The molecule has 0 spiro atoms. The van der Waals surface area contributed by atoms with Gasteiger partial charge >= 0.3 is 6.18 Å². The number of thiophene rings is 1. The van der Waals surface area contributed by atoms with E-state index in [1.54, 1.807) is 17.0 Å². The van der Waals surface area contributed by atoms with Crippen LogP contribution in [0.5, 0.6) is 0 Å². The first-order chi connectivity index (χ1) is 8.06. The van der Waals surface area contributed by atoms with Gasteiger partial charge in [0.1, 0.15) is 5.82 Å². The summed E-state index contributed by atoms with van der Waals surface area (Å²) in [6.45, 7) is 0.340. The van der Waals surface area contributed by atoms with Crippen molar-refractivity contribution >= 4 is 11.3 Å². The fraction of sp³-hybridized carbons (Fsp3) is 0.364. The Morgan fingerprint density at radius 1 is 1.35 bits per heavy atom. The molecule has 0 aromatic carbocycles. The van der Waals surface area contributed by atoms with Gasteiger partial charge in [0.15, 0.2) is 0 Å². The van der Waals surface area contributed by atoms with Crippen LogP contribution in [0.25, 0.3) is 10.7 Å². The normalized spacial score (nSPS) is 11.9. The summed E-state index contributed by atoms with van der Waals surface area (Å²) < 4.78 is 37.9. The summed E-state index contributed by atoms with van der Waals surface area (Å²) in [6.07, 6.45) is -1.43. The topological polar surface area (TPSA) is 17.8 Å². The summed E-state index contributed by atoms with van der Waals surface area (Å²) in [4.78, 5) is 5.14. The zero-order valence-electron chi connectivity index (χ0n) is 8.94.